The second-order valence-electron chi connectivity index (χ2n) is 6.06. The lowest BCUT2D eigenvalue weighted by atomic mass is 10.2. The lowest BCUT2D eigenvalue weighted by Gasteiger charge is -2.10. The Balaban J connectivity index is 1.68. The molecule has 0 amide bonds. The fraction of sp³-hybridized carbons (Fsp3) is 0.200. The van der Waals surface area contributed by atoms with Gasteiger partial charge in [0.1, 0.15) is 34.6 Å². The number of rotatable bonds is 6. The van der Waals surface area contributed by atoms with Gasteiger partial charge in [-0.05, 0) is 29.8 Å². The first kappa shape index (κ1) is 17.0. The molecule has 0 aliphatic rings. The molecule has 0 aliphatic heterocycles. The van der Waals surface area contributed by atoms with E-state index in [-0.39, 0.29) is 0 Å². The van der Waals surface area contributed by atoms with Crippen molar-refractivity contribution in [3.63, 3.8) is 0 Å². The molecule has 0 saturated heterocycles. The smallest absolute Gasteiger partial charge is 0.154 e. The molecule has 138 valence electrons. The van der Waals surface area contributed by atoms with Crippen molar-refractivity contribution in [2.45, 2.75) is 6.54 Å². The van der Waals surface area contributed by atoms with E-state index < -0.39 is 0 Å². The number of fused-ring (bicyclic) bond motifs is 3. The number of aromatic nitrogens is 3. The minimum Gasteiger partial charge on any atom is -0.497 e. The third kappa shape index (κ3) is 3.19. The van der Waals surface area contributed by atoms with Gasteiger partial charge < -0.3 is 24.5 Å². The van der Waals surface area contributed by atoms with Crippen LogP contribution < -0.4 is 19.5 Å². The van der Waals surface area contributed by atoms with Gasteiger partial charge in [-0.3, -0.25) is 0 Å². The zero-order valence-corrected chi connectivity index (χ0v) is 15.4. The molecular formula is C20H20N4O3. The van der Waals surface area contributed by atoms with E-state index in [2.05, 4.69) is 20.3 Å². The molecule has 0 saturated carbocycles. The molecule has 2 aromatic heterocycles. The van der Waals surface area contributed by atoms with E-state index >= 15 is 0 Å². The largest absolute Gasteiger partial charge is 0.497 e. The number of ether oxygens (including phenoxy) is 3. The minimum absolute atomic E-state index is 0.568. The molecule has 2 N–H and O–H groups in total. The Kier molecular flexibility index (Phi) is 4.42. The lowest BCUT2D eigenvalue weighted by molar-refractivity contribution is 0.393. The molecule has 4 rings (SSSR count). The van der Waals surface area contributed by atoms with Gasteiger partial charge in [0.05, 0.1) is 26.8 Å². The molecule has 0 aliphatic carbocycles. The summed E-state index contributed by atoms with van der Waals surface area (Å²) in [6, 6.07) is 11.6. The number of hydrogen-bond acceptors (Lipinski definition) is 6. The van der Waals surface area contributed by atoms with Crippen molar-refractivity contribution in [2.24, 2.45) is 0 Å². The van der Waals surface area contributed by atoms with Crippen molar-refractivity contribution < 1.29 is 14.2 Å². The van der Waals surface area contributed by atoms with Crippen LogP contribution in [0.15, 0.2) is 42.7 Å². The fourth-order valence-electron chi connectivity index (χ4n) is 3.09. The highest BCUT2D eigenvalue weighted by Crippen LogP contribution is 2.30. The second-order valence-corrected chi connectivity index (χ2v) is 6.06. The highest BCUT2D eigenvalue weighted by atomic mass is 16.5. The Morgan fingerprint density at radius 1 is 0.889 bits per heavy atom. The first-order chi connectivity index (χ1) is 13.2. The summed E-state index contributed by atoms with van der Waals surface area (Å²) in [5.74, 6) is 3.02. The fourth-order valence-corrected chi connectivity index (χ4v) is 3.09. The highest BCUT2D eigenvalue weighted by molar-refractivity contribution is 6.08. The number of hydrogen-bond donors (Lipinski definition) is 2. The topological polar surface area (TPSA) is 81.3 Å². The van der Waals surface area contributed by atoms with E-state index in [0.717, 1.165) is 50.6 Å². The van der Waals surface area contributed by atoms with Crippen molar-refractivity contribution >= 4 is 27.8 Å². The number of anilines is 1. The molecule has 7 heteroatoms. The van der Waals surface area contributed by atoms with E-state index in [1.807, 2.05) is 36.4 Å². The van der Waals surface area contributed by atoms with Gasteiger partial charge in [-0.2, -0.15) is 0 Å². The molecule has 0 atom stereocenters. The molecule has 0 spiro atoms. The molecule has 0 fully saturated rings. The number of benzene rings is 2. The Hall–Kier alpha value is -3.48. The van der Waals surface area contributed by atoms with Crippen LogP contribution in [0.2, 0.25) is 0 Å². The first-order valence-corrected chi connectivity index (χ1v) is 8.48. The van der Waals surface area contributed by atoms with Crippen LogP contribution in [0.5, 0.6) is 17.2 Å². The molecule has 4 aromatic rings. The molecule has 7 nitrogen and oxygen atoms in total. The Bertz CT molecular complexity index is 1080. The average molecular weight is 364 g/mol. The maximum Gasteiger partial charge on any atom is 0.154 e. The predicted molar refractivity (Wildman–Crippen MR) is 105 cm³/mol. The summed E-state index contributed by atoms with van der Waals surface area (Å²) in [4.78, 5) is 12.2. The summed E-state index contributed by atoms with van der Waals surface area (Å²) in [7, 11) is 4.93. The van der Waals surface area contributed by atoms with Crippen molar-refractivity contribution in [3.05, 3.63) is 48.3 Å². The van der Waals surface area contributed by atoms with Gasteiger partial charge in [0.2, 0.25) is 0 Å². The minimum atomic E-state index is 0.568. The normalized spacial score (nSPS) is 10.9. The monoisotopic (exact) mass is 364 g/mol. The van der Waals surface area contributed by atoms with Gasteiger partial charge in [0.15, 0.2) is 5.82 Å². The zero-order valence-electron chi connectivity index (χ0n) is 15.4. The summed E-state index contributed by atoms with van der Waals surface area (Å²) in [6.45, 7) is 0.568. The van der Waals surface area contributed by atoms with Crippen molar-refractivity contribution in [1.82, 2.24) is 15.0 Å². The quantitative estimate of drug-likeness (QED) is 0.542. The van der Waals surface area contributed by atoms with Crippen LogP contribution in [0.1, 0.15) is 5.56 Å². The first-order valence-electron chi connectivity index (χ1n) is 8.48. The van der Waals surface area contributed by atoms with Crippen LogP contribution in [-0.2, 0) is 6.54 Å². The average Bonchev–Trinajstić information content (AvgIpc) is 3.10. The number of aromatic amines is 1. The van der Waals surface area contributed by atoms with E-state index in [1.165, 1.54) is 0 Å². The molecule has 0 bridgehead atoms. The van der Waals surface area contributed by atoms with Crippen LogP contribution >= 0.6 is 0 Å². The van der Waals surface area contributed by atoms with E-state index in [0.29, 0.717) is 6.54 Å². The number of H-pyrrole nitrogens is 1. The molecule has 2 aromatic carbocycles. The van der Waals surface area contributed by atoms with E-state index in [4.69, 9.17) is 14.2 Å². The summed E-state index contributed by atoms with van der Waals surface area (Å²) >= 11 is 0. The number of nitrogens with zero attached hydrogens (tertiary/aromatic N) is 2. The molecule has 0 radical (unpaired) electrons. The Morgan fingerprint density at radius 3 is 2.33 bits per heavy atom. The maximum absolute atomic E-state index is 5.33. The Morgan fingerprint density at radius 2 is 1.63 bits per heavy atom. The summed E-state index contributed by atoms with van der Waals surface area (Å²) in [5, 5.41) is 4.40. The van der Waals surface area contributed by atoms with Crippen LogP contribution in [0, 0.1) is 0 Å². The molecule has 27 heavy (non-hydrogen) atoms. The second kappa shape index (κ2) is 7.03. The summed E-state index contributed by atoms with van der Waals surface area (Å²) < 4.78 is 16.0. The standard InChI is InChI=1S/C20H20N4O3/c1-25-13-4-5-16-17(9-13)24-19-18(16)22-11-23-20(19)21-10-12-6-14(26-2)8-15(7-12)27-3/h4-9,11,24H,10H2,1-3H3,(H,21,22,23). The van der Waals surface area contributed by atoms with Gasteiger partial charge in [-0.1, -0.05) is 0 Å². The number of nitrogens with one attached hydrogen (secondary N) is 2. The van der Waals surface area contributed by atoms with Crippen LogP contribution in [0.3, 0.4) is 0 Å². The van der Waals surface area contributed by atoms with Gasteiger partial charge in [-0.25, -0.2) is 9.97 Å². The van der Waals surface area contributed by atoms with E-state index in [9.17, 15) is 0 Å². The molecular weight excluding hydrogens is 344 g/mol. The predicted octanol–water partition coefficient (Wildman–Crippen LogP) is 3.75. The van der Waals surface area contributed by atoms with Gasteiger partial charge in [0.25, 0.3) is 0 Å². The lowest BCUT2D eigenvalue weighted by Crippen LogP contribution is -2.03. The number of methoxy groups -OCH3 is 3. The van der Waals surface area contributed by atoms with Crippen LogP contribution in [0.4, 0.5) is 5.82 Å². The van der Waals surface area contributed by atoms with Gasteiger partial charge in [-0.15, -0.1) is 0 Å². The summed E-state index contributed by atoms with van der Waals surface area (Å²) in [5.41, 5.74) is 3.70. The van der Waals surface area contributed by atoms with Crippen LogP contribution in [-0.4, -0.2) is 36.3 Å². The van der Waals surface area contributed by atoms with Crippen LogP contribution in [0.25, 0.3) is 21.9 Å². The third-order valence-electron chi connectivity index (χ3n) is 4.46. The van der Waals surface area contributed by atoms with Crippen molar-refractivity contribution in [1.29, 1.82) is 0 Å². The SMILES string of the molecule is COc1cc(CNc2ncnc3c2[nH]c2cc(OC)ccc23)cc(OC)c1. The summed E-state index contributed by atoms with van der Waals surface area (Å²) in [6.07, 6.45) is 1.56. The van der Waals surface area contributed by atoms with Crippen molar-refractivity contribution in [2.75, 3.05) is 26.6 Å². The third-order valence-corrected chi connectivity index (χ3v) is 4.46. The van der Waals surface area contributed by atoms with E-state index in [1.54, 1.807) is 27.7 Å². The zero-order chi connectivity index (χ0) is 18.8. The Labute approximate surface area is 156 Å². The van der Waals surface area contributed by atoms with Crippen molar-refractivity contribution in [3.8, 4) is 17.2 Å². The molecule has 2 heterocycles. The highest BCUT2D eigenvalue weighted by Gasteiger charge is 2.11. The molecule has 0 unspecified atom stereocenters. The van der Waals surface area contributed by atoms with Gasteiger partial charge >= 0.3 is 0 Å². The van der Waals surface area contributed by atoms with Gasteiger partial charge in [0, 0.05) is 24.1 Å². The maximum atomic E-state index is 5.33.